The smallest absolute Gasteiger partial charge is 0.326 e. The van der Waals surface area contributed by atoms with Crippen LogP contribution in [0.1, 0.15) is 39.5 Å². The fraction of sp³-hybridized carbons (Fsp3) is 0.611. The quantitative estimate of drug-likeness (QED) is 0.114. The van der Waals surface area contributed by atoms with Crippen LogP contribution in [0, 0.1) is 5.92 Å². The molecule has 0 radical (unpaired) electrons. The highest BCUT2D eigenvalue weighted by molar-refractivity contribution is 5.97. The lowest BCUT2D eigenvalue weighted by Gasteiger charge is -2.26. The van der Waals surface area contributed by atoms with Gasteiger partial charge in [0.05, 0.1) is 18.9 Å². The van der Waals surface area contributed by atoms with Crippen molar-refractivity contribution in [1.82, 2.24) is 16.0 Å². The Morgan fingerprint density at radius 3 is 1.70 bits per heavy atom. The largest absolute Gasteiger partial charge is 0.481 e. The maximum absolute atomic E-state index is 12.7. The fourth-order valence-corrected chi connectivity index (χ4v) is 2.57. The molecule has 0 fully saturated rings. The Hall–Kier alpha value is -3.75. The van der Waals surface area contributed by atoms with Gasteiger partial charge in [0.2, 0.25) is 29.5 Å². The lowest BCUT2D eigenvalue weighted by atomic mass is 10.0. The predicted molar refractivity (Wildman–Crippen MR) is 111 cm³/mol. The van der Waals surface area contributed by atoms with Crippen molar-refractivity contribution >= 4 is 41.5 Å². The van der Waals surface area contributed by atoms with Crippen LogP contribution >= 0.6 is 0 Å². The van der Waals surface area contributed by atoms with E-state index in [0.717, 1.165) is 0 Å². The number of amides is 5. The van der Waals surface area contributed by atoms with Gasteiger partial charge >= 0.3 is 11.9 Å². The normalized spacial score (nSPS) is 14.3. The molecule has 0 spiro atoms. The number of nitrogens with two attached hydrogens (primary N) is 3. The van der Waals surface area contributed by atoms with E-state index in [1.54, 1.807) is 0 Å². The third-order valence-corrected chi connectivity index (χ3v) is 4.30. The van der Waals surface area contributed by atoms with Crippen LogP contribution in [0.5, 0.6) is 0 Å². The Kier molecular flexibility index (Phi) is 12.1. The minimum absolute atomic E-state index is 0.396. The Morgan fingerprint density at radius 2 is 1.27 bits per heavy atom. The third kappa shape index (κ3) is 11.4. The van der Waals surface area contributed by atoms with Gasteiger partial charge in [0.25, 0.3) is 0 Å². The van der Waals surface area contributed by atoms with Crippen LogP contribution < -0.4 is 33.2 Å². The average Bonchev–Trinajstić information content (AvgIpc) is 2.66. The Balaban J connectivity index is 5.45. The minimum atomic E-state index is -1.55. The van der Waals surface area contributed by atoms with Gasteiger partial charge in [-0.25, -0.2) is 4.79 Å². The zero-order valence-corrected chi connectivity index (χ0v) is 18.2. The number of hydrogen-bond acceptors (Lipinski definition) is 8. The van der Waals surface area contributed by atoms with Crippen LogP contribution in [0.2, 0.25) is 0 Å². The molecule has 0 bridgehead atoms. The van der Waals surface area contributed by atoms with Crippen LogP contribution in [0.15, 0.2) is 0 Å². The van der Waals surface area contributed by atoms with Gasteiger partial charge in [-0.2, -0.15) is 0 Å². The SMILES string of the molecule is CC(C)C(NC(=O)C(CC(N)=O)NC(=O)C(N)CC(N)=O)C(=O)NC(CCC(=O)O)C(=O)O. The second kappa shape index (κ2) is 13.6. The molecular weight excluding hydrogens is 444 g/mol. The number of carbonyl (C=O) groups is 7. The van der Waals surface area contributed by atoms with Gasteiger partial charge in [-0.05, 0) is 12.3 Å². The summed E-state index contributed by atoms with van der Waals surface area (Å²) in [6.07, 6.45) is -2.11. The van der Waals surface area contributed by atoms with E-state index < -0.39 is 97.2 Å². The number of rotatable bonds is 15. The molecule has 33 heavy (non-hydrogen) atoms. The molecule has 5 amide bonds. The molecular formula is C18H30N6O9. The molecule has 0 aliphatic heterocycles. The molecule has 0 aromatic carbocycles. The van der Waals surface area contributed by atoms with Crippen molar-refractivity contribution in [3.05, 3.63) is 0 Å². The molecule has 0 saturated heterocycles. The third-order valence-electron chi connectivity index (χ3n) is 4.30. The van der Waals surface area contributed by atoms with Crippen molar-refractivity contribution in [2.45, 2.75) is 63.7 Å². The molecule has 0 aromatic heterocycles. The van der Waals surface area contributed by atoms with Gasteiger partial charge in [-0.1, -0.05) is 13.8 Å². The summed E-state index contributed by atoms with van der Waals surface area (Å²) < 4.78 is 0. The Morgan fingerprint density at radius 1 is 0.758 bits per heavy atom. The number of hydrogen-bond donors (Lipinski definition) is 8. The molecule has 0 saturated carbocycles. The molecule has 11 N–H and O–H groups in total. The van der Waals surface area contributed by atoms with Crippen molar-refractivity contribution in [3.8, 4) is 0 Å². The summed E-state index contributed by atoms with van der Waals surface area (Å²) in [6, 6.07) is -5.79. The molecule has 4 atom stereocenters. The first kappa shape index (κ1) is 29.2. The highest BCUT2D eigenvalue weighted by Gasteiger charge is 2.32. The van der Waals surface area contributed by atoms with Crippen molar-refractivity contribution in [1.29, 1.82) is 0 Å². The monoisotopic (exact) mass is 474 g/mol. The van der Waals surface area contributed by atoms with E-state index in [1.165, 1.54) is 13.8 Å². The summed E-state index contributed by atoms with van der Waals surface area (Å²) in [4.78, 5) is 81.6. The second-order valence-electron chi connectivity index (χ2n) is 7.57. The number of nitrogens with one attached hydrogen (secondary N) is 3. The van der Waals surface area contributed by atoms with E-state index in [4.69, 9.17) is 22.3 Å². The van der Waals surface area contributed by atoms with Gasteiger partial charge < -0.3 is 43.4 Å². The lowest BCUT2D eigenvalue weighted by molar-refractivity contribution is -0.144. The molecule has 0 aliphatic carbocycles. The summed E-state index contributed by atoms with van der Waals surface area (Å²) in [5.41, 5.74) is 15.6. The molecule has 0 heterocycles. The maximum atomic E-state index is 12.7. The summed E-state index contributed by atoms with van der Waals surface area (Å²) in [6.45, 7) is 3.06. The molecule has 15 nitrogen and oxygen atoms in total. The first-order valence-corrected chi connectivity index (χ1v) is 9.83. The second-order valence-corrected chi connectivity index (χ2v) is 7.57. The van der Waals surface area contributed by atoms with E-state index in [9.17, 15) is 38.7 Å². The van der Waals surface area contributed by atoms with Crippen LogP contribution in [-0.4, -0.2) is 75.9 Å². The lowest BCUT2D eigenvalue weighted by Crippen LogP contribution is -2.59. The minimum Gasteiger partial charge on any atom is -0.481 e. The van der Waals surface area contributed by atoms with E-state index in [-0.39, 0.29) is 0 Å². The van der Waals surface area contributed by atoms with E-state index in [2.05, 4.69) is 16.0 Å². The van der Waals surface area contributed by atoms with E-state index in [1.807, 2.05) is 0 Å². The van der Waals surface area contributed by atoms with Gasteiger partial charge in [0, 0.05) is 6.42 Å². The Bertz CT molecular complexity index is 785. The molecule has 0 rings (SSSR count). The van der Waals surface area contributed by atoms with Gasteiger partial charge in [0.1, 0.15) is 18.1 Å². The topological polar surface area (TPSA) is 274 Å². The average molecular weight is 474 g/mol. The summed E-state index contributed by atoms with van der Waals surface area (Å²) in [5.74, 6) is -8.05. The molecule has 0 aromatic rings. The maximum Gasteiger partial charge on any atom is 0.326 e. The van der Waals surface area contributed by atoms with E-state index in [0.29, 0.717) is 0 Å². The van der Waals surface area contributed by atoms with Crippen molar-refractivity contribution in [2.75, 3.05) is 0 Å². The van der Waals surface area contributed by atoms with Crippen molar-refractivity contribution in [2.24, 2.45) is 23.1 Å². The number of carbonyl (C=O) groups excluding carboxylic acids is 5. The molecule has 0 aliphatic rings. The number of carboxylic acid groups (broad SMARTS) is 2. The summed E-state index contributed by atoms with van der Waals surface area (Å²) in [5, 5.41) is 24.5. The Labute approximate surface area is 188 Å². The summed E-state index contributed by atoms with van der Waals surface area (Å²) in [7, 11) is 0. The zero-order valence-electron chi connectivity index (χ0n) is 18.2. The van der Waals surface area contributed by atoms with Gasteiger partial charge in [-0.15, -0.1) is 0 Å². The number of carboxylic acids is 2. The zero-order chi connectivity index (χ0) is 25.9. The van der Waals surface area contributed by atoms with E-state index >= 15 is 0 Å². The fourth-order valence-electron chi connectivity index (χ4n) is 2.57. The molecule has 15 heteroatoms. The van der Waals surface area contributed by atoms with Gasteiger partial charge in [0.15, 0.2) is 0 Å². The van der Waals surface area contributed by atoms with Crippen LogP contribution in [-0.2, 0) is 33.6 Å². The molecule has 4 unspecified atom stereocenters. The first-order valence-electron chi connectivity index (χ1n) is 9.83. The van der Waals surface area contributed by atoms with Crippen LogP contribution in [0.3, 0.4) is 0 Å². The first-order chi connectivity index (χ1) is 15.1. The van der Waals surface area contributed by atoms with Crippen LogP contribution in [0.4, 0.5) is 0 Å². The van der Waals surface area contributed by atoms with Crippen molar-refractivity contribution in [3.63, 3.8) is 0 Å². The van der Waals surface area contributed by atoms with Gasteiger partial charge in [-0.3, -0.25) is 28.8 Å². The van der Waals surface area contributed by atoms with Crippen LogP contribution in [0.25, 0.3) is 0 Å². The predicted octanol–water partition coefficient (Wildman–Crippen LogP) is -3.88. The highest BCUT2D eigenvalue weighted by Crippen LogP contribution is 2.06. The number of primary amides is 2. The highest BCUT2D eigenvalue weighted by atomic mass is 16.4. The standard InChI is InChI=1S/C18H30N6O9/c1-7(2)14(17(31)22-9(18(32)33)3-4-13(27)28)24-16(30)10(6-12(21)26)23-15(29)8(19)5-11(20)25/h7-10,14H,3-6,19H2,1-2H3,(H2,20,25)(H2,21,26)(H,22,31)(H,23,29)(H,24,30)(H,27,28)(H,32,33). The molecule has 186 valence electrons. The van der Waals surface area contributed by atoms with Crippen molar-refractivity contribution < 1.29 is 43.8 Å². The summed E-state index contributed by atoms with van der Waals surface area (Å²) >= 11 is 0. The number of aliphatic carboxylic acids is 2.